The normalized spacial score (nSPS) is 12.5. The maximum absolute atomic E-state index is 10.2. The number of aliphatic hydroxyl groups excluding tert-OH is 1. The largest absolute Gasteiger partial charge is 0.508 e. The van der Waals surface area contributed by atoms with Crippen molar-refractivity contribution in [2.45, 2.75) is 45.4 Å². The van der Waals surface area contributed by atoms with E-state index in [0.717, 1.165) is 30.5 Å². The van der Waals surface area contributed by atoms with Crippen molar-refractivity contribution in [3.8, 4) is 5.75 Å². The van der Waals surface area contributed by atoms with Crippen LogP contribution in [0.15, 0.2) is 42.6 Å². The van der Waals surface area contributed by atoms with E-state index in [9.17, 15) is 10.2 Å². The van der Waals surface area contributed by atoms with E-state index in [2.05, 4.69) is 22.9 Å². The van der Waals surface area contributed by atoms with Gasteiger partial charge in [-0.15, -0.1) is 11.6 Å². The van der Waals surface area contributed by atoms with E-state index in [1.54, 1.807) is 12.3 Å². The molecule has 5 heteroatoms. The second-order valence-electron chi connectivity index (χ2n) is 6.37. The zero-order valence-corrected chi connectivity index (χ0v) is 15.5. The first-order chi connectivity index (χ1) is 12.1. The van der Waals surface area contributed by atoms with Gasteiger partial charge in [0, 0.05) is 37.3 Å². The number of rotatable bonds is 10. The Balaban J connectivity index is 2.14. The zero-order chi connectivity index (χ0) is 18.1. The zero-order valence-electron chi connectivity index (χ0n) is 14.7. The third-order valence-electron chi connectivity index (χ3n) is 4.12. The Bertz CT molecular complexity index is 637. The van der Waals surface area contributed by atoms with Gasteiger partial charge in [-0.05, 0) is 36.6 Å². The molecular weight excluding hydrogens is 336 g/mol. The number of alkyl halides is 1. The fourth-order valence-corrected chi connectivity index (χ4v) is 2.89. The van der Waals surface area contributed by atoms with Gasteiger partial charge in [0.25, 0.3) is 0 Å². The molecule has 0 radical (unpaired) electrons. The highest BCUT2D eigenvalue weighted by Crippen LogP contribution is 2.22. The summed E-state index contributed by atoms with van der Waals surface area (Å²) in [6.45, 7) is 3.73. The number of unbranched alkanes of at least 4 members (excludes halogenated alkanes) is 1. The molecule has 0 spiro atoms. The minimum Gasteiger partial charge on any atom is -0.508 e. The molecule has 0 aliphatic carbocycles. The number of phenols is 1. The monoisotopic (exact) mass is 362 g/mol. The van der Waals surface area contributed by atoms with E-state index in [1.807, 2.05) is 24.3 Å². The molecule has 1 heterocycles. The van der Waals surface area contributed by atoms with Crippen LogP contribution < -0.4 is 0 Å². The highest BCUT2D eigenvalue weighted by molar-refractivity contribution is 6.18. The Morgan fingerprint density at radius 2 is 2.04 bits per heavy atom. The molecule has 4 nitrogen and oxygen atoms in total. The van der Waals surface area contributed by atoms with Crippen LogP contribution in [0.2, 0.25) is 0 Å². The third-order valence-corrected chi connectivity index (χ3v) is 4.47. The number of benzene rings is 1. The molecule has 1 unspecified atom stereocenters. The Kier molecular flexibility index (Phi) is 8.19. The van der Waals surface area contributed by atoms with Crippen LogP contribution >= 0.6 is 11.6 Å². The molecule has 2 rings (SSSR count). The number of hydrogen-bond acceptors (Lipinski definition) is 4. The van der Waals surface area contributed by atoms with Crippen molar-refractivity contribution < 1.29 is 10.2 Å². The van der Waals surface area contributed by atoms with Crippen molar-refractivity contribution in [3.63, 3.8) is 0 Å². The SMILES string of the molecule is CCCCc1ccc(O)c(CN(Cc2ccccn2)CC(O)CCl)c1. The second-order valence-corrected chi connectivity index (χ2v) is 6.67. The molecule has 0 saturated heterocycles. The Labute approximate surface area is 155 Å². The summed E-state index contributed by atoms with van der Waals surface area (Å²) in [5.74, 6) is 0.466. The second kappa shape index (κ2) is 10.4. The lowest BCUT2D eigenvalue weighted by molar-refractivity contribution is 0.119. The van der Waals surface area contributed by atoms with Crippen LogP contribution in [0.5, 0.6) is 5.75 Å². The van der Waals surface area contributed by atoms with Gasteiger partial charge in [-0.3, -0.25) is 9.88 Å². The molecule has 0 aliphatic heterocycles. The van der Waals surface area contributed by atoms with Crippen LogP contribution in [0.25, 0.3) is 0 Å². The van der Waals surface area contributed by atoms with Gasteiger partial charge in [-0.25, -0.2) is 0 Å². The lowest BCUT2D eigenvalue weighted by atomic mass is 10.0. The molecule has 25 heavy (non-hydrogen) atoms. The summed E-state index contributed by atoms with van der Waals surface area (Å²) < 4.78 is 0. The maximum atomic E-state index is 10.2. The van der Waals surface area contributed by atoms with Gasteiger partial charge >= 0.3 is 0 Å². The lowest BCUT2D eigenvalue weighted by Gasteiger charge is -2.24. The van der Waals surface area contributed by atoms with Gasteiger partial charge in [-0.1, -0.05) is 31.5 Å². The summed E-state index contributed by atoms with van der Waals surface area (Å²) in [5.41, 5.74) is 3.02. The molecule has 1 aromatic carbocycles. The molecule has 0 saturated carbocycles. The van der Waals surface area contributed by atoms with E-state index >= 15 is 0 Å². The summed E-state index contributed by atoms with van der Waals surface area (Å²) in [4.78, 5) is 6.42. The summed E-state index contributed by atoms with van der Waals surface area (Å²) in [6.07, 6.45) is 4.43. The summed E-state index contributed by atoms with van der Waals surface area (Å²) in [6, 6.07) is 11.6. The summed E-state index contributed by atoms with van der Waals surface area (Å²) in [7, 11) is 0. The van der Waals surface area contributed by atoms with Crippen molar-refractivity contribution in [1.82, 2.24) is 9.88 Å². The first kappa shape index (κ1) is 19.7. The van der Waals surface area contributed by atoms with Crippen molar-refractivity contribution in [2.75, 3.05) is 12.4 Å². The molecule has 1 atom stereocenters. The maximum Gasteiger partial charge on any atom is 0.120 e. The molecule has 0 amide bonds. The van der Waals surface area contributed by atoms with E-state index in [1.165, 1.54) is 5.56 Å². The predicted octanol–water partition coefficient (Wildman–Crippen LogP) is 3.73. The Hall–Kier alpha value is -1.62. The number of aryl methyl sites for hydroxylation is 1. The molecule has 1 aromatic heterocycles. The number of aromatic hydroxyl groups is 1. The van der Waals surface area contributed by atoms with Crippen LogP contribution in [0.4, 0.5) is 0 Å². The van der Waals surface area contributed by atoms with Crippen LogP contribution in [-0.4, -0.2) is 38.6 Å². The smallest absolute Gasteiger partial charge is 0.120 e. The van der Waals surface area contributed by atoms with Crippen molar-refractivity contribution >= 4 is 11.6 Å². The number of pyridine rings is 1. The van der Waals surface area contributed by atoms with Gasteiger partial charge in [0.1, 0.15) is 5.75 Å². The average Bonchev–Trinajstić information content (AvgIpc) is 2.63. The van der Waals surface area contributed by atoms with Crippen molar-refractivity contribution in [1.29, 1.82) is 0 Å². The number of hydrogen-bond donors (Lipinski definition) is 2. The average molecular weight is 363 g/mol. The van der Waals surface area contributed by atoms with Gasteiger partial charge < -0.3 is 10.2 Å². The Morgan fingerprint density at radius 1 is 1.20 bits per heavy atom. The van der Waals surface area contributed by atoms with E-state index in [4.69, 9.17) is 11.6 Å². The van der Waals surface area contributed by atoms with E-state index in [-0.39, 0.29) is 11.6 Å². The van der Waals surface area contributed by atoms with Gasteiger partial charge in [0.05, 0.1) is 11.8 Å². The molecule has 2 aromatic rings. The van der Waals surface area contributed by atoms with Crippen LogP contribution in [-0.2, 0) is 19.5 Å². The number of aromatic nitrogens is 1. The van der Waals surface area contributed by atoms with Crippen molar-refractivity contribution in [3.05, 3.63) is 59.4 Å². The number of nitrogens with zero attached hydrogens (tertiary/aromatic N) is 2. The molecule has 0 aliphatic rings. The van der Waals surface area contributed by atoms with E-state index < -0.39 is 6.10 Å². The number of halogens is 1. The standard InChI is InChI=1S/C20H27ClN2O2/c1-2-3-6-16-8-9-20(25)17(11-16)13-23(15-19(24)12-21)14-18-7-4-5-10-22-18/h4-5,7-11,19,24-25H,2-3,6,12-15H2,1H3. The minimum atomic E-state index is -0.615. The summed E-state index contributed by atoms with van der Waals surface area (Å²) >= 11 is 5.77. The highest BCUT2D eigenvalue weighted by atomic mass is 35.5. The van der Waals surface area contributed by atoms with Crippen LogP contribution in [0, 0.1) is 0 Å². The topological polar surface area (TPSA) is 56.6 Å². The fourth-order valence-electron chi connectivity index (χ4n) is 2.80. The molecule has 0 bridgehead atoms. The number of aliphatic hydroxyl groups is 1. The molecular formula is C20H27ClN2O2. The quantitative estimate of drug-likeness (QED) is 0.632. The van der Waals surface area contributed by atoms with Gasteiger partial charge in [0.15, 0.2) is 0 Å². The van der Waals surface area contributed by atoms with Gasteiger partial charge in [-0.2, -0.15) is 0 Å². The first-order valence-electron chi connectivity index (χ1n) is 8.79. The first-order valence-corrected chi connectivity index (χ1v) is 9.33. The summed E-state index contributed by atoms with van der Waals surface area (Å²) in [5, 5.41) is 20.2. The molecule has 2 N–H and O–H groups in total. The fraction of sp³-hybridized carbons (Fsp3) is 0.450. The van der Waals surface area contributed by atoms with Gasteiger partial charge in [0.2, 0.25) is 0 Å². The number of phenolic OH excluding ortho intramolecular Hbond substituents is 1. The third kappa shape index (κ3) is 6.65. The van der Waals surface area contributed by atoms with Crippen molar-refractivity contribution in [2.24, 2.45) is 0 Å². The van der Waals surface area contributed by atoms with E-state index in [0.29, 0.717) is 19.6 Å². The molecule has 0 fully saturated rings. The predicted molar refractivity (Wildman–Crippen MR) is 102 cm³/mol. The van der Waals surface area contributed by atoms with Crippen LogP contribution in [0.1, 0.15) is 36.6 Å². The Morgan fingerprint density at radius 3 is 2.72 bits per heavy atom. The lowest BCUT2D eigenvalue weighted by Crippen LogP contribution is -2.33. The minimum absolute atomic E-state index is 0.182. The van der Waals surface area contributed by atoms with Crippen LogP contribution in [0.3, 0.4) is 0 Å². The highest BCUT2D eigenvalue weighted by Gasteiger charge is 2.15. The molecule has 136 valence electrons.